The number of carbonyl (C=O) groups excluding carboxylic acids is 1. The first kappa shape index (κ1) is 36.7. The van der Waals surface area contributed by atoms with Crippen molar-refractivity contribution in [1.29, 1.82) is 0 Å². The molecule has 6 aromatic rings. The molecule has 0 bridgehead atoms. The maximum absolute atomic E-state index is 14.5. The second kappa shape index (κ2) is 13.8. The average Bonchev–Trinajstić information content (AvgIpc) is 3.37. The SMILES string of the molecule is CC(=O)N(c1nn(C)c2c(-n3c(C(Cc4cc(F)cc(F)c4)NC(=O)O)nc4nc(Oc5ccc(F)cc5F)ccc4c3=O)ccc(Cl)c12)S(C)(=O)=O. The van der Waals surface area contributed by atoms with Crippen LogP contribution in [0.1, 0.15) is 24.4 Å². The number of ether oxygens (including phenoxy) is 1. The molecule has 14 nitrogen and oxygen atoms in total. The van der Waals surface area contributed by atoms with Crippen LogP contribution in [0.15, 0.2) is 65.5 Å². The third-order valence-electron chi connectivity index (χ3n) is 7.76. The smallest absolute Gasteiger partial charge is 0.405 e. The van der Waals surface area contributed by atoms with Crippen LogP contribution in [-0.4, -0.2) is 56.1 Å². The zero-order valence-electron chi connectivity index (χ0n) is 27.4. The Bertz CT molecular complexity index is 2650. The predicted molar refractivity (Wildman–Crippen MR) is 183 cm³/mol. The molecule has 0 saturated carbocycles. The Morgan fingerprint density at radius 3 is 2.32 bits per heavy atom. The molecule has 0 aliphatic rings. The van der Waals surface area contributed by atoms with Crippen LogP contribution in [0.2, 0.25) is 5.02 Å². The van der Waals surface area contributed by atoms with E-state index in [0.29, 0.717) is 16.4 Å². The molecule has 3 aromatic heterocycles. The first-order valence-electron chi connectivity index (χ1n) is 15.1. The zero-order valence-corrected chi connectivity index (χ0v) is 29.0. The van der Waals surface area contributed by atoms with E-state index in [-0.39, 0.29) is 44.1 Å². The molecule has 3 heterocycles. The molecule has 1 atom stereocenters. The van der Waals surface area contributed by atoms with Gasteiger partial charge in [0.15, 0.2) is 23.0 Å². The van der Waals surface area contributed by atoms with Gasteiger partial charge in [0, 0.05) is 38.6 Å². The number of fused-ring (bicyclic) bond motifs is 2. The summed E-state index contributed by atoms with van der Waals surface area (Å²) in [6.45, 7) is 0.988. The molecular formula is C33H24ClF4N7O7S. The van der Waals surface area contributed by atoms with Crippen molar-refractivity contribution in [1.82, 2.24) is 29.6 Å². The number of sulfonamides is 1. The lowest BCUT2D eigenvalue weighted by molar-refractivity contribution is -0.115. The van der Waals surface area contributed by atoms with E-state index in [1.54, 1.807) is 0 Å². The van der Waals surface area contributed by atoms with E-state index in [1.807, 2.05) is 0 Å². The standard InChI is InChI=1S/C33H24ClF4N7O7S/c1-15(46)45(53(3,50)51)31-27-21(34)6-7-24(28(27)43(2)42-31)44-30(23(39-33(48)49)12-16-10-18(36)13-19(37)11-16)41-29-20(32(44)47)5-9-26(40-29)52-25-8-4-17(35)14-22(25)38/h4-11,13-14,23,39H,12H2,1-3H3,(H,48,49). The van der Waals surface area contributed by atoms with E-state index < -0.39 is 80.7 Å². The van der Waals surface area contributed by atoms with Crippen LogP contribution in [0.4, 0.5) is 28.2 Å². The Morgan fingerprint density at radius 1 is 1.00 bits per heavy atom. The van der Waals surface area contributed by atoms with Gasteiger partial charge < -0.3 is 15.2 Å². The fourth-order valence-electron chi connectivity index (χ4n) is 5.78. The molecule has 0 fully saturated rings. The third-order valence-corrected chi connectivity index (χ3v) is 9.17. The molecule has 53 heavy (non-hydrogen) atoms. The number of aryl methyl sites for hydroxylation is 1. The molecule has 6 rings (SSSR count). The highest BCUT2D eigenvalue weighted by molar-refractivity contribution is 7.92. The van der Waals surface area contributed by atoms with Gasteiger partial charge in [-0.1, -0.05) is 11.6 Å². The summed E-state index contributed by atoms with van der Waals surface area (Å²) in [7, 11) is -2.90. The predicted octanol–water partition coefficient (Wildman–Crippen LogP) is 5.53. The molecule has 0 saturated heterocycles. The third kappa shape index (κ3) is 7.20. The minimum Gasteiger partial charge on any atom is -0.465 e. The number of nitrogens with one attached hydrogen (secondary N) is 1. The summed E-state index contributed by atoms with van der Waals surface area (Å²) >= 11 is 6.56. The summed E-state index contributed by atoms with van der Waals surface area (Å²) in [6.07, 6.45) is -1.33. The molecule has 2 amide bonds. The lowest BCUT2D eigenvalue weighted by Crippen LogP contribution is -2.35. The number of hydrogen-bond acceptors (Lipinski definition) is 9. The van der Waals surface area contributed by atoms with Crippen molar-refractivity contribution in [2.24, 2.45) is 7.05 Å². The zero-order chi connectivity index (χ0) is 38.5. The van der Waals surface area contributed by atoms with Gasteiger partial charge in [-0.15, -0.1) is 0 Å². The first-order valence-corrected chi connectivity index (χ1v) is 17.3. The van der Waals surface area contributed by atoms with E-state index >= 15 is 0 Å². The van der Waals surface area contributed by atoms with E-state index in [9.17, 15) is 45.5 Å². The number of rotatable bonds is 9. The molecule has 2 N–H and O–H groups in total. The van der Waals surface area contributed by atoms with Crippen molar-refractivity contribution in [2.75, 3.05) is 10.6 Å². The van der Waals surface area contributed by atoms with Crippen LogP contribution >= 0.6 is 11.6 Å². The van der Waals surface area contributed by atoms with Gasteiger partial charge in [-0.2, -0.15) is 14.4 Å². The molecule has 3 aromatic carbocycles. The van der Waals surface area contributed by atoms with E-state index in [2.05, 4.69) is 20.4 Å². The Balaban J connectivity index is 1.66. The normalized spacial score (nSPS) is 12.2. The second-order valence-corrected chi connectivity index (χ2v) is 13.8. The summed E-state index contributed by atoms with van der Waals surface area (Å²) < 4.78 is 89.9. The van der Waals surface area contributed by atoms with Crippen molar-refractivity contribution in [2.45, 2.75) is 19.4 Å². The number of nitrogens with zero attached hydrogens (tertiary/aromatic N) is 6. The summed E-state index contributed by atoms with van der Waals surface area (Å²) in [6, 6.07) is 8.48. The van der Waals surface area contributed by atoms with Crippen molar-refractivity contribution < 1.29 is 45.4 Å². The number of benzene rings is 3. The molecule has 0 aliphatic carbocycles. The first-order chi connectivity index (χ1) is 24.9. The Morgan fingerprint density at radius 2 is 1.70 bits per heavy atom. The van der Waals surface area contributed by atoms with Gasteiger partial charge in [-0.3, -0.25) is 18.8 Å². The number of carboxylic acid groups (broad SMARTS) is 1. The number of pyridine rings is 1. The van der Waals surface area contributed by atoms with Gasteiger partial charge in [0.2, 0.25) is 21.8 Å². The highest BCUT2D eigenvalue weighted by atomic mass is 35.5. The van der Waals surface area contributed by atoms with Gasteiger partial charge in [-0.25, -0.2) is 35.8 Å². The molecule has 0 aliphatic heterocycles. The van der Waals surface area contributed by atoms with Crippen LogP contribution in [0.3, 0.4) is 0 Å². The maximum Gasteiger partial charge on any atom is 0.405 e. The van der Waals surface area contributed by atoms with Crippen LogP contribution in [-0.2, 0) is 28.3 Å². The quantitative estimate of drug-likeness (QED) is 0.178. The molecule has 0 spiro atoms. The minimum absolute atomic E-state index is 0.0162. The summed E-state index contributed by atoms with van der Waals surface area (Å²) in [5.41, 5.74) is -1.39. The van der Waals surface area contributed by atoms with Gasteiger partial charge >= 0.3 is 6.09 Å². The van der Waals surface area contributed by atoms with Crippen molar-refractivity contribution in [3.63, 3.8) is 0 Å². The Labute approximate surface area is 300 Å². The van der Waals surface area contributed by atoms with E-state index in [4.69, 9.17) is 16.3 Å². The highest BCUT2D eigenvalue weighted by Gasteiger charge is 2.32. The number of hydrogen-bond donors (Lipinski definition) is 2. The van der Waals surface area contributed by atoms with Crippen LogP contribution < -0.4 is 19.9 Å². The summed E-state index contributed by atoms with van der Waals surface area (Å²) in [5.74, 6) is -6.34. The van der Waals surface area contributed by atoms with Gasteiger partial charge in [0.1, 0.15) is 23.3 Å². The summed E-state index contributed by atoms with van der Waals surface area (Å²) in [5, 5.41) is 15.9. The maximum atomic E-state index is 14.5. The van der Waals surface area contributed by atoms with Crippen molar-refractivity contribution in [3.8, 4) is 17.3 Å². The topological polar surface area (TPSA) is 179 Å². The number of amides is 2. The van der Waals surface area contributed by atoms with Crippen LogP contribution in [0, 0.1) is 23.3 Å². The lowest BCUT2D eigenvalue weighted by atomic mass is 10.0. The van der Waals surface area contributed by atoms with E-state index in [0.717, 1.165) is 46.7 Å². The average molecular weight is 774 g/mol. The fraction of sp³-hybridized carbons (Fsp3) is 0.152. The monoisotopic (exact) mass is 773 g/mol. The van der Waals surface area contributed by atoms with Crippen LogP contribution in [0.5, 0.6) is 11.6 Å². The van der Waals surface area contributed by atoms with E-state index in [1.165, 1.54) is 31.3 Å². The van der Waals surface area contributed by atoms with Crippen LogP contribution in [0.25, 0.3) is 27.6 Å². The Kier molecular flexibility index (Phi) is 9.56. The molecule has 1 unspecified atom stereocenters. The molecule has 20 heteroatoms. The number of carbonyl (C=O) groups is 2. The van der Waals surface area contributed by atoms with Gasteiger partial charge in [0.25, 0.3) is 5.56 Å². The minimum atomic E-state index is -4.27. The number of halogens is 5. The van der Waals surface area contributed by atoms with Crippen molar-refractivity contribution >= 4 is 61.4 Å². The molecule has 274 valence electrons. The molecule has 0 radical (unpaired) electrons. The highest BCUT2D eigenvalue weighted by Crippen LogP contribution is 2.38. The number of aromatic nitrogens is 5. The number of anilines is 1. The molecular weight excluding hydrogens is 750 g/mol. The second-order valence-electron chi connectivity index (χ2n) is 11.6. The van der Waals surface area contributed by atoms with Gasteiger partial charge in [-0.05, 0) is 48.0 Å². The van der Waals surface area contributed by atoms with Crippen molar-refractivity contribution in [3.05, 3.63) is 111 Å². The Hall–Kier alpha value is -6.08. The van der Waals surface area contributed by atoms with Gasteiger partial charge in [0.05, 0.1) is 39.3 Å². The summed E-state index contributed by atoms with van der Waals surface area (Å²) in [4.78, 5) is 48.0. The lowest BCUT2D eigenvalue weighted by Gasteiger charge is -2.22. The fourth-order valence-corrected chi connectivity index (χ4v) is 6.93. The largest absolute Gasteiger partial charge is 0.465 e.